The van der Waals surface area contributed by atoms with E-state index in [1.54, 1.807) is 30.3 Å². The van der Waals surface area contributed by atoms with Gasteiger partial charge in [-0.3, -0.25) is 4.79 Å². The summed E-state index contributed by atoms with van der Waals surface area (Å²) in [5, 5.41) is 13.0. The van der Waals surface area contributed by atoms with Crippen molar-refractivity contribution in [2.75, 3.05) is 5.32 Å². The van der Waals surface area contributed by atoms with Crippen molar-refractivity contribution >= 4 is 40.8 Å². The maximum absolute atomic E-state index is 12.6. The molecule has 0 heterocycles. The zero-order valence-electron chi connectivity index (χ0n) is 17.8. The fourth-order valence-electron chi connectivity index (χ4n) is 3.46. The number of halogens is 2. The van der Waals surface area contributed by atoms with Crippen LogP contribution in [0.2, 0.25) is 10.0 Å². The van der Waals surface area contributed by atoms with Crippen molar-refractivity contribution in [2.45, 2.75) is 39.0 Å². The second-order valence-corrected chi connectivity index (χ2v) is 8.57. The molecule has 0 unspecified atom stereocenters. The van der Waals surface area contributed by atoms with Gasteiger partial charge in [0, 0.05) is 0 Å². The number of carboxylic acids is 1. The number of nitrogens with one attached hydrogen (secondary N) is 1. The van der Waals surface area contributed by atoms with Gasteiger partial charge in [-0.25, -0.2) is 4.79 Å². The molecule has 0 radical (unpaired) electrons. The van der Waals surface area contributed by atoms with E-state index in [1.807, 2.05) is 0 Å². The molecule has 32 heavy (non-hydrogen) atoms. The molecule has 0 aliphatic rings. The summed E-state index contributed by atoms with van der Waals surface area (Å²) in [6, 6.07) is 18.5. The zero-order chi connectivity index (χ0) is 23.1. The molecule has 2 N–H and O–H groups in total. The summed E-state index contributed by atoms with van der Waals surface area (Å²) in [6.07, 6.45) is 4.10. The Kier molecular flexibility index (Phi) is 8.32. The highest BCUT2D eigenvalue weighted by atomic mass is 35.5. The maximum Gasteiger partial charge on any atom is 0.337 e. The van der Waals surface area contributed by atoms with E-state index in [-0.39, 0.29) is 23.6 Å². The molecule has 0 aliphatic carbocycles. The standard InChI is InChI=1S/C26H25Cl2NO3/c1-2-3-4-17-5-7-18(8-6-17)13-19-9-11-21(26(31)32)24(15-19)29-25(30)16-20-10-12-22(27)23(28)14-20/h5-12,14-15H,2-4,13,16H2,1H3,(H,29,30)(H,31,32). The van der Waals surface area contributed by atoms with Crippen LogP contribution >= 0.6 is 23.2 Å². The second-order valence-electron chi connectivity index (χ2n) is 7.76. The number of aromatic carboxylic acids is 1. The van der Waals surface area contributed by atoms with Crippen LogP contribution in [-0.4, -0.2) is 17.0 Å². The summed E-state index contributed by atoms with van der Waals surface area (Å²) in [7, 11) is 0. The lowest BCUT2D eigenvalue weighted by atomic mass is 9.99. The highest BCUT2D eigenvalue weighted by Gasteiger charge is 2.14. The lowest BCUT2D eigenvalue weighted by molar-refractivity contribution is -0.115. The average molecular weight is 470 g/mol. The maximum atomic E-state index is 12.6. The largest absolute Gasteiger partial charge is 0.478 e. The van der Waals surface area contributed by atoms with Gasteiger partial charge in [0.2, 0.25) is 5.91 Å². The minimum atomic E-state index is -1.10. The number of hydrogen-bond acceptors (Lipinski definition) is 2. The van der Waals surface area contributed by atoms with E-state index >= 15 is 0 Å². The number of anilines is 1. The molecule has 0 saturated heterocycles. The first-order chi connectivity index (χ1) is 15.4. The van der Waals surface area contributed by atoms with Crippen LogP contribution in [0, 0.1) is 0 Å². The van der Waals surface area contributed by atoms with Crippen molar-refractivity contribution in [1.29, 1.82) is 0 Å². The van der Waals surface area contributed by atoms with Gasteiger partial charge in [0.05, 0.1) is 27.7 Å². The van der Waals surface area contributed by atoms with Crippen molar-refractivity contribution in [3.8, 4) is 0 Å². The van der Waals surface area contributed by atoms with Crippen LogP contribution in [0.25, 0.3) is 0 Å². The van der Waals surface area contributed by atoms with E-state index in [2.05, 4.69) is 36.5 Å². The number of carbonyl (C=O) groups excluding carboxylic acids is 1. The van der Waals surface area contributed by atoms with E-state index in [9.17, 15) is 14.7 Å². The quantitative estimate of drug-likeness (QED) is 0.361. The topological polar surface area (TPSA) is 66.4 Å². The molecular formula is C26H25Cl2NO3. The van der Waals surface area contributed by atoms with Crippen molar-refractivity contribution < 1.29 is 14.7 Å². The number of benzene rings is 3. The monoisotopic (exact) mass is 469 g/mol. The first-order valence-corrected chi connectivity index (χ1v) is 11.3. The van der Waals surface area contributed by atoms with Crippen LogP contribution in [0.3, 0.4) is 0 Å². The number of carboxylic acid groups (broad SMARTS) is 1. The smallest absolute Gasteiger partial charge is 0.337 e. The third kappa shape index (κ3) is 6.59. The Hall–Kier alpha value is -2.82. The van der Waals surface area contributed by atoms with E-state index < -0.39 is 5.97 Å². The first-order valence-electron chi connectivity index (χ1n) is 10.5. The summed E-state index contributed by atoms with van der Waals surface area (Å²) in [6.45, 7) is 2.18. The minimum absolute atomic E-state index is 0.0474. The van der Waals surface area contributed by atoms with Crippen molar-refractivity contribution in [3.63, 3.8) is 0 Å². The van der Waals surface area contributed by atoms with Gasteiger partial charge in [-0.2, -0.15) is 0 Å². The van der Waals surface area contributed by atoms with Crippen LogP contribution in [0.5, 0.6) is 0 Å². The summed E-state index contributed by atoms with van der Waals surface area (Å²) in [4.78, 5) is 24.2. The molecule has 3 aromatic carbocycles. The highest BCUT2D eigenvalue weighted by Crippen LogP contribution is 2.24. The van der Waals surface area contributed by atoms with Gasteiger partial charge in [0.25, 0.3) is 0 Å². The number of hydrogen-bond donors (Lipinski definition) is 2. The fraction of sp³-hybridized carbons (Fsp3) is 0.231. The molecule has 0 fully saturated rings. The average Bonchev–Trinajstić information content (AvgIpc) is 2.76. The van der Waals surface area contributed by atoms with Gasteiger partial charge in [-0.05, 0) is 65.8 Å². The van der Waals surface area contributed by atoms with Crippen molar-refractivity contribution in [2.24, 2.45) is 0 Å². The number of unbranched alkanes of at least 4 members (excludes halogenated alkanes) is 1. The van der Waals surface area contributed by atoms with Crippen LogP contribution in [0.15, 0.2) is 60.7 Å². The Labute approximate surface area is 198 Å². The summed E-state index contributed by atoms with van der Waals surface area (Å²) in [5.41, 5.74) is 4.37. The third-order valence-electron chi connectivity index (χ3n) is 5.19. The van der Waals surface area contributed by atoms with Crippen molar-refractivity contribution in [3.05, 3.63) is 98.5 Å². The molecule has 3 rings (SSSR count). The van der Waals surface area contributed by atoms with Crippen LogP contribution in [0.1, 0.15) is 52.4 Å². The Morgan fingerprint density at radius 1 is 0.844 bits per heavy atom. The second kappa shape index (κ2) is 11.2. The van der Waals surface area contributed by atoms with E-state index in [0.29, 0.717) is 22.0 Å². The van der Waals surface area contributed by atoms with Crippen molar-refractivity contribution in [1.82, 2.24) is 0 Å². The number of rotatable bonds is 9. The van der Waals surface area contributed by atoms with Gasteiger partial charge in [-0.1, -0.05) is 72.9 Å². The van der Waals surface area contributed by atoms with E-state index in [0.717, 1.165) is 24.0 Å². The molecule has 166 valence electrons. The van der Waals surface area contributed by atoms with Gasteiger partial charge >= 0.3 is 5.97 Å². The third-order valence-corrected chi connectivity index (χ3v) is 5.93. The molecule has 0 bridgehead atoms. The lowest BCUT2D eigenvalue weighted by Crippen LogP contribution is -2.17. The number of aryl methyl sites for hydroxylation is 1. The molecule has 0 atom stereocenters. The Bertz CT molecular complexity index is 1110. The predicted molar refractivity (Wildman–Crippen MR) is 130 cm³/mol. The molecule has 0 saturated carbocycles. The van der Waals surface area contributed by atoms with E-state index in [4.69, 9.17) is 23.2 Å². The van der Waals surface area contributed by atoms with Gasteiger partial charge in [-0.15, -0.1) is 0 Å². The summed E-state index contributed by atoms with van der Waals surface area (Å²) >= 11 is 11.9. The molecule has 6 heteroatoms. The lowest BCUT2D eigenvalue weighted by Gasteiger charge is -2.12. The predicted octanol–water partition coefficient (Wildman–Crippen LogP) is 6.81. The first kappa shape index (κ1) is 23.8. The highest BCUT2D eigenvalue weighted by molar-refractivity contribution is 6.42. The SMILES string of the molecule is CCCCc1ccc(Cc2ccc(C(=O)O)c(NC(=O)Cc3ccc(Cl)c(Cl)c3)c2)cc1. The molecule has 1 amide bonds. The van der Waals surface area contributed by atoms with Gasteiger partial charge in [0.15, 0.2) is 0 Å². The van der Waals surface area contributed by atoms with Gasteiger partial charge in [0.1, 0.15) is 0 Å². The minimum Gasteiger partial charge on any atom is -0.478 e. The van der Waals surface area contributed by atoms with E-state index in [1.165, 1.54) is 18.1 Å². The summed E-state index contributed by atoms with van der Waals surface area (Å²) in [5.74, 6) is -1.43. The van der Waals surface area contributed by atoms with Crippen LogP contribution in [-0.2, 0) is 24.1 Å². The van der Waals surface area contributed by atoms with Crippen LogP contribution < -0.4 is 5.32 Å². The Morgan fingerprint density at radius 3 is 2.16 bits per heavy atom. The molecule has 4 nitrogen and oxygen atoms in total. The molecule has 0 aromatic heterocycles. The fourth-order valence-corrected chi connectivity index (χ4v) is 3.78. The Balaban J connectivity index is 1.74. The van der Waals surface area contributed by atoms with Crippen LogP contribution in [0.4, 0.5) is 5.69 Å². The molecular weight excluding hydrogens is 445 g/mol. The number of carbonyl (C=O) groups is 2. The summed E-state index contributed by atoms with van der Waals surface area (Å²) < 4.78 is 0. The Morgan fingerprint density at radius 2 is 1.50 bits per heavy atom. The van der Waals surface area contributed by atoms with Gasteiger partial charge < -0.3 is 10.4 Å². The molecule has 0 aliphatic heterocycles. The molecule has 3 aromatic rings. The molecule has 0 spiro atoms. The normalized spacial score (nSPS) is 10.7. The zero-order valence-corrected chi connectivity index (χ0v) is 19.3. The number of amides is 1.